The Morgan fingerprint density at radius 2 is 1.86 bits per heavy atom. The number of aryl methyl sites for hydroxylation is 1. The van der Waals surface area contributed by atoms with Crippen molar-refractivity contribution in [3.63, 3.8) is 0 Å². The summed E-state index contributed by atoms with van der Waals surface area (Å²) >= 11 is 12.2. The van der Waals surface area contributed by atoms with Crippen LogP contribution in [0.3, 0.4) is 0 Å². The Labute approximate surface area is 252 Å². The highest BCUT2D eigenvalue weighted by atomic mass is 35.5. The zero-order valence-corrected chi connectivity index (χ0v) is 24.3. The van der Waals surface area contributed by atoms with Crippen LogP contribution in [0.25, 0.3) is 0 Å². The first-order chi connectivity index (χ1) is 20.0. The van der Waals surface area contributed by atoms with Gasteiger partial charge in [-0.3, -0.25) is 9.59 Å². The van der Waals surface area contributed by atoms with E-state index >= 15 is 8.78 Å². The number of nitrogens with zero attached hydrogens (tertiary/aromatic N) is 2. The number of rotatable bonds is 8. The molecule has 0 radical (unpaired) electrons. The van der Waals surface area contributed by atoms with Gasteiger partial charge in [0.1, 0.15) is 23.1 Å². The van der Waals surface area contributed by atoms with Gasteiger partial charge >= 0.3 is 0 Å². The number of likely N-dealkylation sites (tertiary alicyclic amines) is 1. The second-order valence-corrected chi connectivity index (χ2v) is 11.2. The second-order valence-electron chi connectivity index (χ2n) is 10.3. The van der Waals surface area contributed by atoms with Crippen LogP contribution in [0.1, 0.15) is 46.3 Å². The van der Waals surface area contributed by atoms with Crippen LogP contribution in [0.4, 0.5) is 8.78 Å². The number of benzene rings is 3. The van der Waals surface area contributed by atoms with E-state index in [1.807, 2.05) is 0 Å². The molecule has 220 valence electrons. The number of amides is 2. The van der Waals surface area contributed by atoms with Crippen LogP contribution in [0.5, 0.6) is 0 Å². The predicted octanol–water partition coefficient (Wildman–Crippen LogP) is 4.90. The van der Waals surface area contributed by atoms with Crippen molar-refractivity contribution in [3.05, 3.63) is 105 Å². The molecule has 1 aliphatic heterocycles. The normalized spacial score (nSPS) is 22.5. The maximum absolute atomic E-state index is 15.8. The van der Waals surface area contributed by atoms with Crippen molar-refractivity contribution >= 4 is 35.0 Å². The Balaban J connectivity index is 2.01. The van der Waals surface area contributed by atoms with Crippen molar-refractivity contribution in [2.45, 2.75) is 49.8 Å². The molecule has 0 saturated carbocycles. The fraction of sp³-hybridized carbons (Fsp3) is 0.323. The Morgan fingerprint density at radius 1 is 1.14 bits per heavy atom. The summed E-state index contributed by atoms with van der Waals surface area (Å²) < 4.78 is 31.6. The third-order valence-corrected chi connectivity index (χ3v) is 8.34. The summed E-state index contributed by atoms with van der Waals surface area (Å²) in [6.07, 6.45) is -1.12. The first-order valence-corrected chi connectivity index (χ1v) is 14.0. The van der Waals surface area contributed by atoms with Crippen LogP contribution in [0.2, 0.25) is 10.0 Å². The van der Waals surface area contributed by atoms with E-state index in [4.69, 9.17) is 23.2 Å². The van der Waals surface area contributed by atoms with Crippen LogP contribution in [-0.4, -0.2) is 58.3 Å². The molecule has 42 heavy (non-hydrogen) atoms. The van der Waals surface area contributed by atoms with Crippen molar-refractivity contribution in [2.75, 3.05) is 13.2 Å². The SMILES string of the molecule is Cc1cccc(C(=O)N2C(C(=O)NCCC(O)CO)C(c3cccc(Cl)c3F)C(C#N)(c3ccc(Cl)cc3F)C2C)c1. The minimum atomic E-state index is -1.98. The zero-order chi connectivity index (χ0) is 30.8. The third-order valence-electron chi connectivity index (χ3n) is 7.82. The first-order valence-electron chi connectivity index (χ1n) is 13.2. The number of aliphatic hydroxyl groups excluding tert-OH is 2. The summed E-state index contributed by atoms with van der Waals surface area (Å²) in [5.74, 6) is -4.59. The number of nitriles is 1. The number of halogens is 4. The molecule has 5 unspecified atom stereocenters. The molecule has 0 spiro atoms. The van der Waals surface area contributed by atoms with Gasteiger partial charge in [-0.1, -0.05) is 59.1 Å². The van der Waals surface area contributed by atoms with E-state index in [1.54, 1.807) is 31.2 Å². The van der Waals surface area contributed by atoms with Gasteiger partial charge in [-0.05, 0) is 56.2 Å². The number of hydrogen-bond donors (Lipinski definition) is 3. The standard InChI is InChI=1S/C31H29Cl2F2N3O4/c1-17-5-3-6-19(13-17)30(42)38-18(2)31(16-36,23-10-9-20(32)14-25(23)34)26(22-7-4-8-24(33)27(22)35)28(38)29(41)37-12-11-21(40)15-39/h3-10,13-14,18,21,26,28,39-40H,11-12,15H2,1-2H3,(H,37,41). The Morgan fingerprint density at radius 3 is 2.50 bits per heavy atom. The number of carbonyl (C=O) groups excluding carboxylic acids is 2. The van der Waals surface area contributed by atoms with E-state index in [2.05, 4.69) is 11.4 Å². The molecule has 7 nitrogen and oxygen atoms in total. The maximum Gasteiger partial charge on any atom is 0.254 e. The molecule has 0 aliphatic carbocycles. The van der Waals surface area contributed by atoms with E-state index in [9.17, 15) is 25.1 Å². The largest absolute Gasteiger partial charge is 0.394 e. The van der Waals surface area contributed by atoms with E-state index in [1.165, 1.54) is 42.2 Å². The highest BCUT2D eigenvalue weighted by molar-refractivity contribution is 6.31. The van der Waals surface area contributed by atoms with Gasteiger partial charge in [-0.15, -0.1) is 0 Å². The summed E-state index contributed by atoms with van der Waals surface area (Å²) in [4.78, 5) is 29.4. The quantitative estimate of drug-likeness (QED) is 0.334. The average Bonchev–Trinajstić information content (AvgIpc) is 3.22. The average molecular weight is 616 g/mol. The number of nitrogens with one attached hydrogen (secondary N) is 1. The van der Waals surface area contributed by atoms with Crippen LogP contribution in [0, 0.1) is 29.9 Å². The Hall–Kier alpha value is -3.55. The van der Waals surface area contributed by atoms with Crippen molar-refractivity contribution in [3.8, 4) is 6.07 Å². The highest BCUT2D eigenvalue weighted by Gasteiger charge is 2.64. The summed E-state index contributed by atoms with van der Waals surface area (Å²) in [6, 6.07) is 13.9. The maximum atomic E-state index is 15.8. The smallest absolute Gasteiger partial charge is 0.254 e. The molecule has 1 heterocycles. The van der Waals surface area contributed by atoms with Crippen LogP contribution in [0.15, 0.2) is 60.7 Å². The molecule has 3 aromatic carbocycles. The molecule has 0 bridgehead atoms. The molecule has 2 amide bonds. The third kappa shape index (κ3) is 5.60. The van der Waals surface area contributed by atoms with Crippen LogP contribution < -0.4 is 5.32 Å². The summed E-state index contributed by atoms with van der Waals surface area (Å²) in [5.41, 5.74) is -1.32. The lowest BCUT2D eigenvalue weighted by Crippen LogP contribution is -2.50. The molecular weight excluding hydrogens is 587 g/mol. The predicted molar refractivity (Wildman–Crippen MR) is 154 cm³/mol. The Bertz CT molecular complexity index is 1550. The van der Waals surface area contributed by atoms with Gasteiger partial charge in [0.15, 0.2) is 0 Å². The summed E-state index contributed by atoms with van der Waals surface area (Å²) in [7, 11) is 0. The molecule has 1 saturated heterocycles. The molecule has 3 aromatic rings. The Kier molecular flexibility index (Phi) is 9.53. The van der Waals surface area contributed by atoms with E-state index in [0.717, 1.165) is 11.6 Å². The highest BCUT2D eigenvalue weighted by Crippen LogP contribution is 2.54. The lowest BCUT2D eigenvalue weighted by atomic mass is 9.65. The summed E-state index contributed by atoms with van der Waals surface area (Å²) in [5, 5.41) is 32.3. The lowest BCUT2D eigenvalue weighted by Gasteiger charge is -2.34. The van der Waals surface area contributed by atoms with E-state index < -0.39 is 59.6 Å². The molecule has 3 N–H and O–H groups in total. The first kappa shape index (κ1) is 31.4. The van der Waals surface area contributed by atoms with Crippen LogP contribution >= 0.6 is 23.2 Å². The molecule has 5 atom stereocenters. The monoisotopic (exact) mass is 615 g/mol. The minimum absolute atomic E-state index is 0.0122. The molecule has 11 heteroatoms. The van der Waals surface area contributed by atoms with Gasteiger partial charge in [0.25, 0.3) is 5.91 Å². The van der Waals surface area contributed by atoms with Gasteiger partial charge in [-0.25, -0.2) is 8.78 Å². The van der Waals surface area contributed by atoms with Gasteiger partial charge < -0.3 is 20.4 Å². The fourth-order valence-corrected chi connectivity index (χ4v) is 6.15. The fourth-order valence-electron chi connectivity index (χ4n) is 5.81. The molecular formula is C31H29Cl2F2N3O4. The van der Waals surface area contributed by atoms with Gasteiger partial charge in [0.2, 0.25) is 5.91 Å². The molecule has 4 rings (SSSR count). The minimum Gasteiger partial charge on any atom is -0.394 e. The van der Waals surface area contributed by atoms with Gasteiger partial charge in [0.05, 0.1) is 29.8 Å². The van der Waals surface area contributed by atoms with Gasteiger partial charge in [-0.2, -0.15) is 5.26 Å². The number of aliphatic hydroxyl groups is 2. The van der Waals surface area contributed by atoms with Gasteiger partial charge in [0, 0.05) is 28.6 Å². The number of carbonyl (C=O) groups is 2. The van der Waals surface area contributed by atoms with E-state index in [-0.39, 0.29) is 39.7 Å². The molecule has 1 fully saturated rings. The number of hydrogen-bond acceptors (Lipinski definition) is 5. The van der Waals surface area contributed by atoms with Crippen LogP contribution in [-0.2, 0) is 10.2 Å². The molecule has 1 aliphatic rings. The molecule has 0 aromatic heterocycles. The second kappa shape index (κ2) is 12.8. The van der Waals surface area contributed by atoms with E-state index in [0.29, 0.717) is 0 Å². The topological polar surface area (TPSA) is 114 Å². The van der Waals surface area contributed by atoms with Crippen molar-refractivity contribution in [1.82, 2.24) is 10.2 Å². The zero-order valence-electron chi connectivity index (χ0n) is 22.8. The van der Waals surface area contributed by atoms with Crippen molar-refractivity contribution in [2.24, 2.45) is 0 Å². The van der Waals surface area contributed by atoms with Crippen molar-refractivity contribution < 1.29 is 28.6 Å². The van der Waals surface area contributed by atoms with Crippen molar-refractivity contribution in [1.29, 1.82) is 5.26 Å². The summed E-state index contributed by atoms with van der Waals surface area (Å²) in [6.45, 7) is 2.67. The lowest BCUT2D eigenvalue weighted by molar-refractivity contribution is -0.125.